The molecule has 6 heteroatoms. The minimum absolute atomic E-state index is 0.0837. The summed E-state index contributed by atoms with van der Waals surface area (Å²) in [5.74, 6) is 0.0643. The highest BCUT2D eigenvalue weighted by Gasteiger charge is 2.10. The molecule has 0 saturated carbocycles. The molecule has 1 heterocycles. The summed E-state index contributed by atoms with van der Waals surface area (Å²) in [6.45, 7) is 0.409. The van der Waals surface area contributed by atoms with Crippen molar-refractivity contribution in [1.29, 1.82) is 0 Å². The number of benzene rings is 1. The quantitative estimate of drug-likeness (QED) is 0.642. The number of amides is 1. The van der Waals surface area contributed by atoms with Gasteiger partial charge in [0.25, 0.3) is 5.91 Å². The molecule has 1 aromatic heterocycles. The Morgan fingerprint density at radius 1 is 1.39 bits per heavy atom. The summed E-state index contributed by atoms with van der Waals surface area (Å²) in [4.78, 5) is 18.7. The first-order valence-corrected chi connectivity index (χ1v) is 5.45. The molecule has 0 aliphatic carbocycles. The highest BCUT2D eigenvalue weighted by molar-refractivity contribution is 5.96. The van der Waals surface area contributed by atoms with Crippen LogP contribution in [0.4, 0.5) is 0 Å². The van der Waals surface area contributed by atoms with Gasteiger partial charge in [-0.15, -0.1) is 0 Å². The van der Waals surface area contributed by atoms with Crippen LogP contribution in [-0.4, -0.2) is 32.6 Å². The number of carbonyl (C=O) groups is 1. The Morgan fingerprint density at radius 2 is 2.22 bits per heavy atom. The van der Waals surface area contributed by atoms with E-state index in [0.717, 1.165) is 11.9 Å². The molecule has 0 radical (unpaired) electrons. The topological polar surface area (TPSA) is 98.2 Å². The van der Waals surface area contributed by atoms with Gasteiger partial charge in [-0.3, -0.25) is 4.79 Å². The van der Waals surface area contributed by atoms with Gasteiger partial charge in [0.1, 0.15) is 17.3 Å². The molecule has 0 saturated heterocycles. The first-order valence-electron chi connectivity index (χ1n) is 5.45. The second kappa shape index (κ2) is 5.22. The number of carbonyl (C=O) groups excluding carboxylic acids is 1. The molecule has 1 amide bonds. The largest absolute Gasteiger partial charge is 0.508 e. The van der Waals surface area contributed by atoms with Crippen LogP contribution in [0.25, 0.3) is 0 Å². The van der Waals surface area contributed by atoms with E-state index in [-0.39, 0.29) is 23.0 Å². The molecule has 0 aliphatic rings. The molecule has 2 rings (SSSR count). The van der Waals surface area contributed by atoms with E-state index in [2.05, 4.69) is 15.3 Å². The van der Waals surface area contributed by atoms with Crippen molar-refractivity contribution in [2.75, 3.05) is 6.54 Å². The Kier molecular flexibility index (Phi) is 3.47. The molecular weight excluding hydrogens is 234 g/mol. The summed E-state index contributed by atoms with van der Waals surface area (Å²) >= 11 is 0. The number of aromatic amines is 1. The number of aromatic nitrogens is 2. The van der Waals surface area contributed by atoms with Crippen LogP contribution < -0.4 is 5.32 Å². The molecule has 0 spiro atoms. The van der Waals surface area contributed by atoms with Crippen LogP contribution in [0.3, 0.4) is 0 Å². The van der Waals surface area contributed by atoms with Gasteiger partial charge < -0.3 is 20.5 Å². The van der Waals surface area contributed by atoms with Crippen molar-refractivity contribution in [2.24, 2.45) is 0 Å². The normalized spacial score (nSPS) is 10.2. The highest BCUT2D eigenvalue weighted by Crippen LogP contribution is 2.22. The van der Waals surface area contributed by atoms with Gasteiger partial charge >= 0.3 is 0 Å². The van der Waals surface area contributed by atoms with Crippen LogP contribution in [-0.2, 0) is 6.42 Å². The average molecular weight is 247 g/mol. The van der Waals surface area contributed by atoms with Gasteiger partial charge in [-0.25, -0.2) is 4.98 Å². The van der Waals surface area contributed by atoms with Gasteiger partial charge in [0, 0.05) is 31.4 Å². The number of phenolic OH excluding ortho intramolecular Hbond substituents is 2. The van der Waals surface area contributed by atoms with Crippen molar-refractivity contribution < 1.29 is 15.0 Å². The maximum Gasteiger partial charge on any atom is 0.255 e. The van der Waals surface area contributed by atoms with Crippen LogP contribution in [0.1, 0.15) is 16.2 Å². The van der Waals surface area contributed by atoms with Crippen LogP contribution in [0.2, 0.25) is 0 Å². The molecule has 18 heavy (non-hydrogen) atoms. The number of hydrogen-bond donors (Lipinski definition) is 4. The van der Waals surface area contributed by atoms with Crippen LogP contribution in [0.5, 0.6) is 11.5 Å². The summed E-state index contributed by atoms with van der Waals surface area (Å²) in [5.41, 5.74) is 0.132. The van der Waals surface area contributed by atoms with Crippen molar-refractivity contribution in [1.82, 2.24) is 15.3 Å². The first kappa shape index (κ1) is 12.0. The van der Waals surface area contributed by atoms with E-state index in [1.165, 1.54) is 12.1 Å². The van der Waals surface area contributed by atoms with Gasteiger partial charge in [0.15, 0.2) is 0 Å². The van der Waals surface area contributed by atoms with Crippen molar-refractivity contribution in [3.05, 3.63) is 42.0 Å². The summed E-state index contributed by atoms with van der Waals surface area (Å²) in [7, 11) is 0. The van der Waals surface area contributed by atoms with E-state index in [0.29, 0.717) is 13.0 Å². The Bertz CT molecular complexity index is 538. The molecule has 0 aliphatic heterocycles. The minimum Gasteiger partial charge on any atom is -0.508 e. The maximum atomic E-state index is 11.7. The van der Waals surface area contributed by atoms with E-state index in [9.17, 15) is 9.90 Å². The molecule has 0 bridgehead atoms. The molecule has 6 nitrogen and oxygen atoms in total. The third-order valence-electron chi connectivity index (χ3n) is 2.43. The number of nitrogens with zero attached hydrogens (tertiary/aromatic N) is 1. The Morgan fingerprint density at radius 3 is 2.89 bits per heavy atom. The third-order valence-corrected chi connectivity index (χ3v) is 2.43. The van der Waals surface area contributed by atoms with Gasteiger partial charge in [-0.1, -0.05) is 0 Å². The molecule has 0 atom stereocenters. The standard InChI is InChI=1S/C12H13N3O3/c16-8-1-2-9(10(17)7-8)12(18)15-4-3-11-13-5-6-14-11/h1-2,5-7,16-17H,3-4H2,(H,13,14)(H,15,18). The van der Waals surface area contributed by atoms with Crippen molar-refractivity contribution in [3.8, 4) is 11.5 Å². The van der Waals surface area contributed by atoms with Gasteiger partial charge in [-0.05, 0) is 12.1 Å². The second-order valence-electron chi connectivity index (χ2n) is 3.74. The van der Waals surface area contributed by atoms with Gasteiger partial charge in [-0.2, -0.15) is 0 Å². The molecular formula is C12H13N3O3. The maximum absolute atomic E-state index is 11.7. The van der Waals surface area contributed by atoms with Gasteiger partial charge in [0.05, 0.1) is 5.56 Å². The lowest BCUT2D eigenvalue weighted by Crippen LogP contribution is -2.25. The number of aromatic hydroxyl groups is 2. The van der Waals surface area contributed by atoms with E-state index < -0.39 is 0 Å². The summed E-state index contributed by atoms with van der Waals surface area (Å²) in [5, 5.41) is 21.3. The summed E-state index contributed by atoms with van der Waals surface area (Å²) in [6.07, 6.45) is 3.93. The molecule has 94 valence electrons. The third kappa shape index (κ3) is 2.79. The van der Waals surface area contributed by atoms with E-state index in [1.54, 1.807) is 12.4 Å². The summed E-state index contributed by atoms with van der Waals surface area (Å²) < 4.78 is 0. The number of nitrogens with one attached hydrogen (secondary N) is 2. The molecule has 0 fully saturated rings. The summed E-state index contributed by atoms with van der Waals surface area (Å²) in [6, 6.07) is 3.84. The van der Waals surface area contributed by atoms with Crippen LogP contribution in [0, 0.1) is 0 Å². The second-order valence-corrected chi connectivity index (χ2v) is 3.74. The fourth-order valence-electron chi connectivity index (χ4n) is 1.54. The lowest BCUT2D eigenvalue weighted by molar-refractivity contribution is 0.0951. The minimum atomic E-state index is -0.390. The predicted octanol–water partition coefficient (Wildman–Crippen LogP) is 0.793. The van der Waals surface area contributed by atoms with Crippen LogP contribution >= 0.6 is 0 Å². The number of hydrogen-bond acceptors (Lipinski definition) is 4. The zero-order valence-electron chi connectivity index (χ0n) is 9.55. The number of H-pyrrole nitrogens is 1. The molecule has 2 aromatic rings. The molecule has 0 unspecified atom stereocenters. The Balaban J connectivity index is 1.91. The zero-order chi connectivity index (χ0) is 13.0. The van der Waals surface area contributed by atoms with Crippen molar-refractivity contribution in [3.63, 3.8) is 0 Å². The van der Waals surface area contributed by atoms with Crippen molar-refractivity contribution >= 4 is 5.91 Å². The Hall–Kier alpha value is -2.50. The van der Waals surface area contributed by atoms with Gasteiger partial charge in [0.2, 0.25) is 0 Å². The number of imidazole rings is 1. The monoisotopic (exact) mass is 247 g/mol. The van der Waals surface area contributed by atoms with Crippen LogP contribution in [0.15, 0.2) is 30.6 Å². The van der Waals surface area contributed by atoms with Crippen molar-refractivity contribution in [2.45, 2.75) is 6.42 Å². The fraction of sp³-hybridized carbons (Fsp3) is 0.167. The lowest BCUT2D eigenvalue weighted by atomic mass is 10.2. The fourth-order valence-corrected chi connectivity index (χ4v) is 1.54. The lowest BCUT2D eigenvalue weighted by Gasteiger charge is -2.06. The smallest absolute Gasteiger partial charge is 0.255 e. The van der Waals surface area contributed by atoms with E-state index in [1.807, 2.05) is 0 Å². The zero-order valence-corrected chi connectivity index (χ0v) is 9.55. The van der Waals surface area contributed by atoms with E-state index >= 15 is 0 Å². The predicted molar refractivity (Wildman–Crippen MR) is 64.4 cm³/mol. The SMILES string of the molecule is O=C(NCCc1ncc[nH]1)c1ccc(O)cc1O. The number of phenols is 2. The first-order chi connectivity index (χ1) is 8.66. The Labute approximate surface area is 103 Å². The molecule has 1 aromatic carbocycles. The highest BCUT2D eigenvalue weighted by atomic mass is 16.3. The molecule has 4 N–H and O–H groups in total. The number of rotatable bonds is 4. The average Bonchev–Trinajstić information content (AvgIpc) is 2.81. The van der Waals surface area contributed by atoms with E-state index in [4.69, 9.17) is 5.11 Å².